The van der Waals surface area contributed by atoms with Gasteiger partial charge in [0.15, 0.2) is 0 Å². The molecule has 1 aromatic heterocycles. The van der Waals surface area contributed by atoms with Gasteiger partial charge in [-0.15, -0.1) is 0 Å². The number of halogens is 1. The predicted octanol–water partition coefficient (Wildman–Crippen LogP) is 3.29. The van der Waals surface area contributed by atoms with Crippen LogP contribution in [0.15, 0.2) is 10.7 Å². The van der Waals surface area contributed by atoms with Gasteiger partial charge in [0.2, 0.25) is 5.91 Å². The van der Waals surface area contributed by atoms with Gasteiger partial charge in [-0.3, -0.25) is 9.48 Å². The summed E-state index contributed by atoms with van der Waals surface area (Å²) in [5.74, 6) is 3.62. The molecule has 4 fully saturated rings. The van der Waals surface area contributed by atoms with Crippen molar-refractivity contribution in [3.8, 4) is 0 Å². The fourth-order valence-electron chi connectivity index (χ4n) is 5.28. The first-order valence-electron chi connectivity index (χ1n) is 8.57. The number of nitrogens with zero attached hydrogens (tertiary/aromatic N) is 2. The maximum atomic E-state index is 12.4. The van der Waals surface area contributed by atoms with Crippen molar-refractivity contribution in [3.63, 3.8) is 0 Å². The Balaban J connectivity index is 1.33. The lowest BCUT2D eigenvalue weighted by Crippen LogP contribution is -2.55. The summed E-state index contributed by atoms with van der Waals surface area (Å²) in [6, 6.07) is 0.450. The Hall–Kier alpha value is -0.840. The molecule has 120 valence electrons. The van der Waals surface area contributed by atoms with Gasteiger partial charge in [0.05, 0.1) is 10.7 Å². The molecule has 0 spiro atoms. The Kier molecular flexibility index (Phi) is 3.79. The molecular formula is C17H24BrN3O. The predicted molar refractivity (Wildman–Crippen MR) is 88.3 cm³/mol. The second kappa shape index (κ2) is 5.66. The minimum atomic E-state index is 0.198. The summed E-state index contributed by atoms with van der Waals surface area (Å²) >= 11 is 3.46. The maximum absolute atomic E-state index is 12.4. The topological polar surface area (TPSA) is 46.9 Å². The molecular weight excluding hydrogens is 342 g/mol. The number of amides is 1. The molecule has 4 bridgehead atoms. The van der Waals surface area contributed by atoms with E-state index in [0.717, 1.165) is 33.8 Å². The summed E-state index contributed by atoms with van der Waals surface area (Å²) in [6.07, 6.45) is 9.18. The largest absolute Gasteiger partial charge is 0.353 e. The Labute approximate surface area is 140 Å². The maximum Gasteiger partial charge on any atom is 0.222 e. The number of rotatable bonds is 4. The molecule has 0 saturated heterocycles. The van der Waals surface area contributed by atoms with Crippen molar-refractivity contribution in [2.45, 2.75) is 58.0 Å². The highest BCUT2D eigenvalue weighted by atomic mass is 79.9. The Morgan fingerprint density at radius 2 is 1.91 bits per heavy atom. The molecule has 5 rings (SSSR count). The van der Waals surface area contributed by atoms with E-state index < -0.39 is 0 Å². The molecule has 1 aromatic rings. The highest BCUT2D eigenvalue weighted by molar-refractivity contribution is 9.10. The third kappa shape index (κ3) is 2.61. The molecule has 1 amide bonds. The van der Waals surface area contributed by atoms with Crippen molar-refractivity contribution in [1.29, 1.82) is 0 Å². The van der Waals surface area contributed by atoms with Crippen molar-refractivity contribution in [2.75, 3.05) is 0 Å². The van der Waals surface area contributed by atoms with Gasteiger partial charge in [-0.2, -0.15) is 5.10 Å². The lowest BCUT2D eigenvalue weighted by atomic mass is 9.54. The summed E-state index contributed by atoms with van der Waals surface area (Å²) < 4.78 is 2.91. The Morgan fingerprint density at radius 3 is 2.45 bits per heavy atom. The quantitative estimate of drug-likeness (QED) is 0.889. The minimum absolute atomic E-state index is 0.198. The summed E-state index contributed by atoms with van der Waals surface area (Å²) in [5.41, 5.74) is 1.09. The van der Waals surface area contributed by atoms with E-state index in [2.05, 4.69) is 26.3 Å². The van der Waals surface area contributed by atoms with Crippen LogP contribution < -0.4 is 5.32 Å². The summed E-state index contributed by atoms with van der Waals surface area (Å²) in [6.45, 7) is 2.68. The number of aromatic nitrogens is 2. The van der Waals surface area contributed by atoms with Gasteiger partial charge in [0.25, 0.3) is 0 Å². The molecule has 4 aliphatic carbocycles. The SMILES string of the molecule is Cc1c(Br)cnn1CCC(=O)NC1C2CC3CC(C2)CC1C3. The normalized spacial score (nSPS) is 35.8. The molecule has 22 heavy (non-hydrogen) atoms. The molecule has 4 nitrogen and oxygen atoms in total. The molecule has 1 heterocycles. The van der Waals surface area contributed by atoms with Crippen LogP contribution in [0.5, 0.6) is 0 Å². The highest BCUT2D eigenvalue weighted by Gasteiger charge is 2.48. The fraction of sp³-hybridized carbons (Fsp3) is 0.765. The number of aryl methyl sites for hydroxylation is 1. The van der Waals surface area contributed by atoms with E-state index >= 15 is 0 Å². The van der Waals surface area contributed by atoms with Crippen LogP contribution in [0.3, 0.4) is 0 Å². The first kappa shape index (κ1) is 14.7. The van der Waals surface area contributed by atoms with Crippen molar-refractivity contribution < 1.29 is 4.79 Å². The van der Waals surface area contributed by atoms with Crippen LogP contribution in [0.25, 0.3) is 0 Å². The van der Waals surface area contributed by atoms with Gasteiger partial charge in [-0.25, -0.2) is 0 Å². The molecule has 1 N–H and O–H groups in total. The molecule has 0 radical (unpaired) electrons. The van der Waals surface area contributed by atoms with Crippen LogP contribution in [0, 0.1) is 30.6 Å². The van der Waals surface area contributed by atoms with Crippen LogP contribution in [0.2, 0.25) is 0 Å². The third-order valence-electron chi connectivity index (χ3n) is 6.15. The third-order valence-corrected chi connectivity index (χ3v) is 6.93. The zero-order valence-electron chi connectivity index (χ0n) is 13.1. The van der Waals surface area contributed by atoms with Crippen LogP contribution in [-0.4, -0.2) is 21.7 Å². The van der Waals surface area contributed by atoms with E-state index in [1.165, 1.54) is 32.1 Å². The van der Waals surface area contributed by atoms with Crippen LogP contribution in [0.4, 0.5) is 0 Å². The van der Waals surface area contributed by atoms with E-state index in [4.69, 9.17) is 0 Å². The smallest absolute Gasteiger partial charge is 0.222 e. The minimum Gasteiger partial charge on any atom is -0.353 e. The van der Waals surface area contributed by atoms with Gasteiger partial charge in [0, 0.05) is 24.7 Å². The second-order valence-corrected chi connectivity index (χ2v) is 8.43. The van der Waals surface area contributed by atoms with E-state index in [-0.39, 0.29) is 5.91 Å². The van der Waals surface area contributed by atoms with Crippen LogP contribution >= 0.6 is 15.9 Å². The van der Waals surface area contributed by atoms with E-state index in [1.807, 2.05) is 11.6 Å². The van der Waals surface area contributed by atoms with Gasteiger partial charge >= 0.3 is 0 Å². The Morgan fingerprint density at radius 1 is 1.27 bits per heavy atom. The average molecular weight is 366 g/mol. The van der Waals surface area contributed by atoms with Crippen molar-refractivity contribution >= 4 is 21.8 Å². The van der Waals surface area contributed by atoms with E-state index in [9.17, 15) is 4.79 Å². The second-order valence-electron chi connectivity index (χ2n) is 7.58. The van der Waals surface area contributed by atoms with Gasteiger partial charge in [-0.05, 0) is 78.6 Å². The number of hydrogen-bond acceptors (Lipinski definition) is 2. The van der Waals surface area contributed by atoms with Crippen LogP contribution in [-0.2, 0) is 11.3 Å². The van der Waals surface area contributed by atoms with Gasteiger partial charge in [-0.1, -0.05) is 0 Å². The standard InChI is InChI=1S/C17H24BrN3O/c1-10-15(18)9-19-21(10)3-2-16(22)20-17-13-5-11-4-12(7-13)8-14(17)6-11/h9,11-14,17H,2-8H2,1H3,(H,20,22). The van der Waals surface area contributed by atoms with E-state index in [1.54, 1.807) is 6.20 Å². The molecule has 5 heteroatoms. The molecule has 0 aliphatic heterocycles. The summed E-state index contributed by atoms with van der Waals surface area (Å²) in [4.78, 5) is 12.4. The number of hydrogen-bond donors (Lipinski definition) is 1. The average Bonchev–Trinajstić information content (AvgIpc) is 2.80. The Bertz CT molecular complexity index is 554. The van der Waals surface area contributed by atoms with Crippen molar-refractivity contribution in [1.82, 2.24) is 15.1 Å². The molecule has 4 aliphatic rings. The van der Waals surface area contributed by atoms with Crippen molar-refractivity contribution in [3.05, 3.63) is 16.4 Å². The van der Waals surface area contributed by atoms with E-state index in [0.29, 0.717) is 19.0 Å². The molecule has 4 saturated carbocycles. The number of carbonyl (C=O) groups is 1. The summed E-state index contributed by atoms with van der Waals surface area (Å²) in [5, 5.41) is 7.66. The lowest BCUT2D eigenvalue weighted by Gasteiger charge is -2.54. The monoisotopic (exact) mass is 365 g/mol. The molecule has 0 aromatic carbocycles. The van der Waals surface area contributed by atoms with Crippen molar-refractivity contribution in [2.24, 2.45) is 23.7 Å². The van der Waals surface area contributed by atoms with Gasteiger partial charge in [0.1, 0.15) is 0 Å². The lowest BCUT2D eigenvalue weighted by molar-refractivity contribution is -0.125. The first-order chi connectivity index (χ1) is 10.6. The zero-order chi connectivity index (χ0) is 15.3. The zero-order valence-corrected chi connectivity index (χ0v) is 14.7. The fourth-order valence-corrected chi connectivity index (χ4v) is 5.57. The molecule has 0 atom stereocenters. The highest BCUT2D eigenvalue weighted by Crippen LogP contribution is 2.53. The summed E-state index contributed by atoms with van der Waals surface area (Å²) in [7, 11) is 0. The van der Waals surface area contributed by atoms with Gasteiger partial charge < -0.3 is 5.32 Å². The number of carbonyl (C=O) groups excluding carboxylic acids is 1. The first-order valence-corrected chi connectivity index (χ1v) is 9.36. The molecule has 0 unspecified atom stereocenters. The number of nitrogens with one attached hydrogen (secondary N) is 1. The van der Waals surface area contributed by atoms with Crippen LogP contribution in [0.1, 0.15) is 44.2 Å².